The van der Waals surface area contributed by atoms with Gasteiger partial charge in [0.1, 0.15) is 5.82 Å². The average Bonchev–Trinajstić information content (AvgIpc) is 2.68. The number of hydrogen-bond donors (Lipinski definition) is 3. The maximum atomic E-state index is 11.5. The summed E-state index contributed by atoms with van der Waals surface area (Å²) in [6.45, 7) is 0. The molecule has 0 amide bonds. The summed E-state index contributed by atoms with van der Waals surface area (Å²) in [5.41, 5.74) is 2.29. The first-order valence-electron chi connectivity index (χ1n) is 8.32. The molecule has 2 aromatic heterocycles. The van der Waals surface area contributed by atoms with Gasteiger partial charge >= 0.3 is 0 Å². The lowest BCUT2D eigenvalue weighted by molar-refractivity contribution is 0.598. The molecule has 4 N–H and O–H groups in total. The number of fused-ring (bicyclic) bond motifs is 1. The Bertz CT molecular complexity index is 1260. The minimum atomic E-state index is -3.78. The highest BCUT2D eigenvalue weighted by atomic mass is 32.2. The van der Waals surface area contributed by atoms with Gasteiger partial charge in [-0.25, -0.2) is 18.5 Å². The Morgan fingerprint density at radius 3 is 2.54 bits per heavy atom. The van der Waals surface area contributed by atoms with Crippen LogP contribution in [0.3, 0.4) is 0 Å². The number of sulfonamides is 1. The molecule has 0 unspecified atom stereocenters. The predicted molar refractivity (Wildman–Crippen MR) is 108 cm³/mol. The van der Waals surface area contributed by atoms with E-state index in [0.717, 1.165) is 16.6 Å². The first-order valence-corrected chi connectivity index (χ1v) is 9.87. The van der Waals surface area contributed by atoms with Gasteiger partial charge in [-0.05, 0) is 48.5 Å². The van der Waals surface area contributed by atoms with Crippen LogP contribution < -0.4 is 15.8 Å². The van der Waals surface area contributed by atoms with E-state index in [1.54, 1.807) is 30.6 Å². The summed E-state index contributed by atoms with van der Waals surface area (Å²) in [6.07, 6.45) is 3.35. The molecule has 0 radical (unpaired) electrons. The molecule has 0 atom stereocenters. The van der Waals surface area contributed by atoms with E-state index >= 15 is 0 Å². The van der Waals surface area contributed by atoms with Gasteiger partial charge in [-0.15, -0.1) is 0 Å². The fraction of sp³-hybridized carbons (Fsp3) is 0. The van der Waals surface area contributed by atoms with Crippen molar-refractivity contribution in [3.8, 4) is 0 Å². The molecule has 140 valence electrons. The zero-order chi connectivity index (χ0) is 19.6. The van der Waals surface area contributed by atoms with Crippen LogP contribution in [0.5, 0.6) is 0 Å². The fourth-order valence-electron chi connectivity index (χ4n) is 2.67. The van der Waals surface area contributed by atoms with Crippen molar-refractivity contribution in [3.63, 3.8) is 0 Å². The number of nitrogens with two attached hydrogens (primary N) is 1. The summed E-state index contributed by atoms with van der Waals surface area (Å²) in [5.74, 6) is 0.905. The van der Waals surface area contributed by atoms with Crippen molar-refractivity contribution in [2.45, 2.75) is 4.90 Å². The lowest BCUT2D eigenvalue weighted by Crippen LogP contribution is -2.12. The number of nitrogens with zero attached hydrogens (tertiary/aromatic N) is 3. The smallest absolute Gasteiger partial charge is 0.238 e. The van der Waals surface area contributed by atoms with Crippen molar-refractivity contribution >= 4 is 44.1 Å². The number of nitrogens with one attached hydrogen (secondary N) is 2. The molecule has 0 fully saturated rings. The minimum Gasteiger partial charge on any atom is -0.340 e. The van der Waals surface area contributed by atoms with Crippen LogP contribution in [0, 0.1) is 0 Å². The number of aromatic nitrogens is 3. The highest BCUT2D eigenvalue weighted by molar-refractivity contribution is 7.89. The summed E-state index contributed by atoms with van der Waals surface area (Å²) >= 11 is 0. The highest BCUT2D eigenvalue weighted by Crippen LogP contribution is 2.22. The molecule has 9 heteroatoms. The fourth-order valence-corrected chi connectivity index (χ4v) is 3.23. The van der Waals surface area contributed by atoms with Crippen LogP contribution in [0.15, 0.2) is 78.0 Å². The van der Waals surface area contributed by atoms with E-state index < -0.39 is 10.0 Å². The normalized spacial score (nSPS) is 11.3. The van der Waals surface area contributed by atoms with Crippen LogP contribution in [0.4, 0.5) is 23.1 Å². The van der Waals surface area contributed by atoms with Gasteiger partial charge in [-0.3, -0.25) is 4.98 Å². The van der Waals surface area contributed by atoms with Gasteiger partial charge in [0.05, 0.1) is 10.4 Å². The monoisotopic (exact) mass is 392 g/mol. The molecule has 2 heterocycles. The van der Waals surface area contributed by atoms with E-state index in [-0.39, 0.29) is 4.90 Å². The molecule has 8 nitrogen and oxygen atoms in total. The van der Waals surface area contributed by atoms with E-state index in [4.69, 9.17) is 5.14 Å². The van der Waals surface area contributed by atoms with Crippen molar-refractivity contribution < 1.29 is 8.42 Å². The van der Waals surface area contributed by atoms with Gasteiger partial charge in [-0.2, -0.15) is 4.98 Å². The summed E-state index contributed by atoms with van der Waals surface area (Å²) in [5, 5.41) is 12.4. The summed E-state index contributed by atoms with van der Waals surface area (Å²) in [7, 11) is -3.78. The Hall–Kier alpha value is -3.56. The second-order valence-corrected chi connectivity index (χ2v) is 7.56. The average molecular weight is 392 g/mol. The van der Waals surface area contributed by atoms with Crippen LogP contribution in [0.2, 0.25) is 0 Å². The standard InChI is InChI=1S/C19H16N6O2S/c20-28(26,27)16-5-1-4-14(12-16)24-19-22-10-8-18(25-19)23-15-6-7-17-13(11-15)3-2-9-21-17/h1-12H,(H2,20,26,27)(H2,22,23,24,25). The van der Waals surface area contributed by atoms with Crippen LogP contribution in [-0.2, 0) is 10.0 Å². The second kappa shape index (κ2) is 7.22. The van der Waals surface area contributed by atoms with Crippen molar-refractivity contribution in [3.05, 3.63) is 73.1 Å². The van der Waals surface area contributed by atoms with Crippen molar-refractivity contribution in [2.24, 2.45) is 5.14 Å². The minimum absolute atomic E-state index is 0.0107. The Labute approximate surface area is 161 Å². The molecule has 0 aliphatic heterocycles. The van der Waals surface area contributed by atoms with E-state index in [2.05, 4.69) is 25.6 Å². The van der Waals surface area contributed by atoms with Gasteiger partial charge in [0, 0.05) is 29.2 Å². The molecule has 0 bridgehead atoms. The van der Waals surface area contributed by atoms with E-state index in [1.165, 1.54) is 12.1 Å². The van der Waals surface area contributed by atoms with Crippen molar-refractivity contribution in [1.29, 1.82) is 0 Å². The molecule has 2 aromatic carbocycles. The topological polar surface area (TPSA) is 123 Å². The SMILES string of the molecule is NS(=O)(=O)c1cccc(Nc2nccc(Nc3ccc4ncccc4c3)n2)c1. The largest absolute Gasteiger partial charge is 0.340 e. The summed E-state index contributed by atoms with van der Waals surface area (Å²) in [4.78, 5) is 12.9. The quantitative estimate of drug-likeness (QED) is 0.477. The number of anilines is 4. The molecule has 0 aliphatic carbocycles. The predicted octanol–water partition coefficient (Wildman–Crippen LogP) is 3.16. The Morgan fingerprint density at radius 1 is 0.821 bits per heavy atom. The maximum Gasteiger partial charge on any atom is 0.238 e. The van der Waals surface area contributed by atoms with Gasteiger partial charge in [0.25, 0.3) is 0 Å². The van der Waals surface area contributed by atoms with Gasteiger partial charge in [0.15, 0.2) is 0 Å². The molecular formula is C19H16N6O2S. The van der Waals surface area contributed by atoms with Gasteiger partial charge in [-0.1, -0.05) is 12.1 Å². The molecule has 4 rings (SSSR count). The van der Waals surface area contributed by atoms with Crippen LogP contribution in [0.1, 0.15) is 0 Å². The maximum absolute atomic E-state index is 11.5. The zero-order valence-corrected chi connectivity index (χ0v) is 15.4. The lowest BCUT2D eigenvalue weighted by atomic mass is 10.2. The molecule has 4 aromatic rings. The third-order valence-corrected chi connectivity index (χ3v) is 4.86. The first-order chi connectivity index (χ1) is 13.5. The zero-order valence-electron chi connectivity index (χ0n) is 14.6. The molecular weight excluding hydrogens is 376 g/mol. The summed E-state index contributed by atoms with van der Waals surface area (Å²) < 4.78 is 23.0. The van der Waals surface area contributed by atoms with E-state index in [9.17, 15) is 8.42 Å². The van der Waals surface area contributed by atoms with Crippen molar-refractivity contribution in [2.75, 3.05) is 10.6 Å². The van der Waals surface area contributed by atoms with E-state index in [1.807, 2.05) is 30.3 Å². The highest BCUT2D eigenvalue weighted by Gasteiger charge is 2.09. The number of pyridine rings is 1. The van der Waals surface area contributed by atoms with Crippen molar-refractivity contribution in [1.82, 2.24) is 15.0 Å². The van der Waals surface area contributed by atoms with Crippen LogP contribution in [0.25, 0.3) is 10.9 Å². The Balaban J connectivity index is 1.56. The molecule has 0 saturated carbocycles. The molecule has 0 saturated heterocycles. The number of rotatable bonds is 5. The van der Waals surface area contributed by atoms with Crippen LogP contribution in [-0.4, -0.2) is 23.4 Å². The van der Waals surface area contributed by atoms with E-state index in [0.29, 0.717) is 17.5 Å². The number of primary sulfonamides is 1. The second-order valence-electron chi connectivity index (χ2n) is 6.00. The lowest BCUT2D eigenvalue weighted by Gasteiger charge is -2.09. The first kappa shape index (κ1) is 17.8. The third kappa shape index (κ3) is 4.05. The van der Waals surface area contributed by atoms with Gasteiger partial charge in [0.2, 0.25) is 16.0 Å². The van der Waals surface area contributed by atoms with Crippen LogP contribution >= 0.6 is 0 Å². The molecule has 0 spiro atoms. The summed E-state index contributed by atoms with van der Waals surface area (Å²) in [6, 6.07) is 17.6. The molecule has 0 aliphatic rings. The Kier molecular flexibility index (Phi) is 4.60. The molecule has 28 heavy (non-hydrogen) atoms. The number of hydrogen-bond acceptors (Lipinski definition) is 7. The third-order valence-electron chi connectivity index (χ3n) is 3.95. The Morgan fingerprint density at radius 2 is 1.68 bits per heavy atom. The number of benzene rings is 2. The van der Waals surface area contributed by atoms with Gasteiger partial charge < -0.3 is 10.6 Å².